The second kappa shape index (κ2) is 9.33. The Hall–Kier alpha value is -2.51. The average Bonchev–Trinajstić information content (AvgIpc) is 3.05. The number of carbonyl (C=O) groups excluding carboxylic acids is 1. The summed E-state index contributed by atoms with van der Waals surface area (Å²) in [7, 11) is 1.85. The number of benzene rings is 2. The molecule has 0 unspecified atom stereocenters. The largest absolute Gasteiger partial charge is 0.481 e. The fourth-order valence-corrected chi connectivity index (χ4v) is 3.63. The SMILES string of the molecule is Cc1ccc(NC(=O)CSc2nnc([C@H](C)Oc3ccccc3Cl)n2C)cc1C. The van der Waals surface area contributed by atoms with Crippen molar-refractivity contribution in [2.45, 2.75) is 32.0 Å². The molecule has 0 saturated carbocycles. The molecular weight excluding hydrogens is 408 g/mol. The van der Waals surface area contributed by atoms with Gasteiger partial charge in [0.15, 0.2) is 17.1 Å². The third-order valence-corrected chi connectivity index (χ3v) is 5.83. The highest BCUT2D eigenvalue weighted by Crippen LogP contribution is 2.29. The van der Waals surface area contributed by atoms with Crippen LogP contribution in [0.2, 0.25) is 5.02 Å². The molecule has 1 aromatic heterocycles. The Kier molecular flexibility index (Phi) is 6.82. The number of aromatic nitrogens is 3. The van der Waals surface area contributed by atoms with Crippen LogP contribution in [0.5, 0.6) is 5.75 Å². The van der Waals surface area contributed by atoms with Gasteiger partial charge in [-0.25, -0.2) is 0 Å². The maximum atomic E-state index is 12.3. The number of amides is 1. The Bertz CT molecular complexity index is 1020. The van der Waals surface area contributed by atoms with Crippen molar-refractivity contribution in [1.29, 1.82) is 0 Å². The topological polar surface area (TPSA) is 69.0 Å². The van der Waals surface area contributed by atoms with E-state index in [9.17, 15) is 4.79 Å². The third-order valence-electron chi connectivity index (χ3n) is 4.50. The number of anilines is 1. The molecule has 29 heavy (non-hydrogen) atoms. The first-order valence-corrected chi connectivity index (χ1v) is 10.5. The van der Waals surface area contributed by atoms with Crippen molar-refractivity contribution in [2.75, 3.05) is 11.1 Å². The Balaban J connectivity index is 1.59. The summed E-state index contributed by atoms with van der Waals surface area (Å²) in [6, 6.07) is 13.1. The van der Waals surface area contributed by atoms with E-state index in [1.54, 1.807) is 6.07 Å². The monoisotopic (exact) mass is 430 g/mol. The fraction of sp³-hybridized carbons (Fsp3) is 0.286. The standard InChI is InChI=1S/C21H23ClN4O2S/c1-13-9-10-16(11-14(13)2)23-19(27)12-29-21-25-24-20(26(21)4)15(3)28-18-8-6-5-7-17(18)22/h5-11,15H,12H2,1-4H3,(H,23,27)/t15-/m0/s1. The zero-order valence-corrected chi connectivity index (χ0v) is 18.3. The van der Waals surface area contributed by atoms with Gasteiger partial charge in [-0.1, -0.05) is 41.6 Å². The number of carbonyl (C=O) groups is 1. The molecule has 3 aromatic rings. The van der Waals surface area contributed by atoms with Gasteiger partial charge in [0.25, 0.3) is 0 Å². The lowest BCUT2D eigenvalue weighted by atomic mass is 10.1. The number of para-hydroxylation sites is 1. The second-order valence-electron chi connectivity index (χ2n) is 6.73. The van der Waals surface area contributed by atoms with E-state index in [1.165, 1.54) is 17.3 Å². The molecule has 1 atom stereocenters. The number of aryl methyl sites for hydroxylation is 2. The van der Waals surface area contributed by atoms with E-state index in [0.29, 0.717) is 21.8 Å². The lowest BCUT2D eigenvalue weighted by Crippen LogP contribution is -2.15. The van der Waals surface area contributed by atoms with Gasteiger partial charge in [-0.05, 0) is 56.2 Å². The Morgan fingerprint density at radius 1 is 1.21 bits per heavy atom. The normalized spacial score (nSPS) is 11.9. The van der Waals surface area contributed by atoms with Gasteiger partial charge >= 0.3 is 0 Å². The number of hydrogen-bond acceptors (Lipinski definition) is 5. The third kappa shape index (κ3) is 5.31. The summed E-state index contributed by atoms with van der Waals surface area (Å²) in [5, 5.41) is 12.5. The first kappa shape index (κ1) is 21.2. The zero-order valence-electron chi connectivity index (χ0n) is 16.8. The summed E-state index contributed by atoms with van der Waals surface area (Å²) in [6.45, 7) is 5.94. The van der Waals surface area contributed by atoms with Crippen molar-refractivity contribution in [3.05, 3.63) is 64.4 Å². The lowest BCUT2D eigenvalue weighted by molar-refractivity contribution is -0.113. The molecule has 0 bridgehead atoms. The van der Waals surface area contributed by atoms with Crippen molar-refractivity contribution < 1.29 is 9.53 Å². The summed E-state index contributed by atoms with van der Waals surface area (Å²) in [5.41, 5.74) is 3.12. The zero-order chi connectivity index (χ0) is 21.0. The van der Waals surface area contributed by atoms with Gasteiger partial charge < -0.3 is 14.6 Å². The molecular formula is C21H23ClN4O2S. The number of nitrogens with zero attached hydrogens (tertiary/aromatic N) is 3. The number of halogens is 1. The van der Waals surface area contributed by atoms with E-state index >= 15 is 0 Å². The maximum Gasteiger partial charge on any atom is 0.234 e. The molecule has 8 heteroatoms. The predicted molar refractivity (Wildman–Crippen MR) is 117 cm³/mol. The minimum atomic E-state index is -0.342. The highest BCUT2D eigenvalue weighted by Gasteiger charge is 2.19. The van der Waals surface area contributed by atoms with Crippen LogP contribution < -0.4 is 10.1 Å². The van der Waals surface area contributed by atoms with E-state index in [-0.39, 0.29) is 17.8 Å². The van der Waals surface area contributed by atoms with Gasteiger partial charge in [0.1, 0.15) is 5.75 Å². The van der Waals surface area contributed by atoms with E-state index < -0.39 is 0 Å². The van der Waals surface area contributed by atoms with Crippen LogP contribution in [0.1, 0.15) is 30.0 Å². The summed E-state index contributed by atoms with van der Waals surface area (Å²) in [4.78, 5) is 12.3. The molecule has 2 aromatic carbocycles. The number of nitrogens with one attached hydrogen (secondary N) is 1. The minimum absolute atomic E-state index is 0.0943. The Labute approximate surface area is 179 Å². The second-order valence-corrected chi connectivity index (χ2v) is 8.08. The first-order valence-electron chi connectivity index (χ1n) is 9.15. The van der Waals surface area contributed by atoms with Crippen LogP contribution in [0.15, 0.2) is 47.6 Å². The Morgan fingerprint density at radius 3 is 2.69 bits per heavy atom. The van der Waals surface area contributed by atoms with Gasteiger partial charge in [-0.15, -0.1) is 10.2 Å². The molecule has 0 aliphatic heterocycles. The highest BCUT2D eigenvalue weighted by molar-refractivity contribution is 7.99. The van der Waals surface area contributed by atoms with Crippen LogP contribution in [0.4, 0.5) is 5.69 Å². The van der Waals surface area contributed by atoms with Gasteiger partial charge in [-0.3, -0.25) is 4.79 Å². The van der Waals surface area contributed by atoms with Crippen LogP contribution >= 0.6 is 23.4 Å². The first-order chi connectivity index (χ1) is 13.8. The molecule has 3 rings (SSSR count). The van der Waals surface area contributed by atoms with Crippen molar-refractivity contribution in [3.63, 3.8) is 0 Å². The van der Waals surface area contributed by atoms with Crippen LogP contribution in [0.3, 0.4) is 0 Å². The van der Waals surface area contributed by atoms with Crippen molar-refractivity contribution in [1.82, 2.24) is 14.8 Å². The average molecular weight is 431 g/mol. The smallest absolute Gasteiger partial charge is 0.234 e. The van der Waals surface area contributed by atoms with Crippen molar-refractivity contribution in [3.8, 4) is 5.75 Å². The molecule has 6 nitrogen and oxygen atoms in total. The lowest BCUT2D eigenvalue weighted by Gasteiger charge is -2.15. The fourth-order valence-electron chi connectivity index (χ4n) is 2.74. The molecule has 0 saturated heterocycles. The number of hydrogen-bond donors (Lipinski definition) is 1. The predicted octanol–water partition coefficient (Wildman–Crippen LogP) is 4.96. The molecule has 0 aliphatic carbocycles. The van der Waals surface area contributed by atoms with Crippen molar-refractivity contribution >= 4 is 35.0 Å². The van der Waals surface area contributed by atoms with E-state index in [1.807, 2.05) is 68.8 Å². The highest BCUT2D eigenvalue weighted by atomic mass is 35.5. The van der Waals surface area contributed by atoms with Gasteiger partial charge in [0.05, 0.1) is 10.8 Å². The van der Waals surface area contributed by atoms with Crippen LogP contribution in [0.25, 0.3) is 0 Å². The Morgan fingerprint density at radius 2 is 1.97 bits per heavy atom. The van der Waals surface area contributed by atoms with E-state index in [2.05, 4.69) is 15.5 Å². The minimum Gasteiger partial charge on any atom is -0.481 e. The molecule has 1 amide bonds. The van der Waals surface area contributed by atoms with E-state index in [4.69, 9.17) is 16.3 Å². The van der Waals surface area contributed by atoms with Crippen LogP contribution in [-0.2, 0) is 11.8 Å². The summed E-state index contributed by atoms with van der Waals surface area (Å²) >= 11 is 7.48. The van der Waals surface area contributed by atoms with Gasteiger partial charge in [-0.2, -0.15) is 0 Å². The van der Waals surface area contributed by atoms with Crippen LogP contribution in [-0.4, -0.2) is 26.4 Å². The van der Waals surface area contributed by atoms with Crippen molar-refractivity contribution in [2.24, 2.45) is 7.05 Å². The summed E-state index contributed by atoms with van der Waals surface area (Å²) in [6.07, 6.45) is -0.342. The molecule has 152 valence electrons. The summed E-state index contributed by atoms with van der Waals surface area (Å²) in [5.74, 6) is 1.38. The quantitative estimate of drug-likeness (QED) is 0.536. The van der Waals surface area contributed by atoms with E-state index in [0.717, 1.165) is 11.3 Å². The molecule has 0 radical (unpaired) electrons. The molecule has 0 fully saturated rings. The maximum absolute atomic E-state index is 12.3. The molecule has 1 heterocycles. The van der Waals surface area contributed by atoms with Gasteiger partial charge in [0, 0.05) is 12.7 Å². The molecule has 0 spiro atoms. The van der Waals surface area contributed by atoms with Crippen LogP contribution in [0, 0.1) is 13.8 Å². The number of rotatable bonds is 7. The number of thioether (sulfide) groups is 1. The number of ether oxygens (including phenoxy) is 1. The molecule has 1 N–H and O–H groups in total. The molecule has 0 aliphatic rings. The summed E-state index contributed by atoms with van der Waals surface area (Å²) < 4.78 is 7.74. The van der Waals surface area contributed by atoms with Gasteiger partial charge in [0.2, 0.25) is 5.91 Å².